The molecule has 2 aromatic carbocycles. The van der Waals surface area contributed by atoms with Crippen LogP contribution in [0.25, 0.3) is 0 Å². The standard InChI is InChI=1S/C21H24N4/c1-16(2)18-10-6-7-11-19(18)24-21-23-15-13-20(25-21)22-14-12-17-8-4-3-5-9-17/h3-11,13,15-16H,12,14H2,1-2H3,(H2,22,23,24,25). The van der Waals surface area contributed by atoms with Gasteiger partial charge in [-0.15, -0.1) is 0 Å². The van der Waals surface area contributed by atoms with Gasteiger partial charge in [0.15, 0.2) is 0 Å². The fourth-order valence-corrected chi connectivity index (χ4v) is 2.73. The minimum atomic E-state index is 0.441. The van der Waals surface area contributed by atoms with E-state index < -0.39 is 0 Å². The van der Waals surface area contributed by atoms with Gasteiger partial charge in [-0.05, 0) is 35.6 Å². The topological polar surface area (TPSA) is 49.8 Å². The summed E-state index contributed by atoms with van der Waals surface area (Å²) in [5, 5.41) is 6.71. The summed E-state index contributed by atoms with van der Waals surface area (Å²) in [6.07, 6.45) is 2.74. The first-order chi connectivity index (χ1) is 12.2. The first-order valence-electron chi connectivity index (χ1n) is 8.69. The van der Waals surface area contributed by atoms with Gasteiger partial charge in [0.2, 0.25) is 5.95 Å². The third-order valence-corrected chi connectivity index (χ3v) is 4.05. The smallest absolute Gasteiger partial charge is 0.229 e. The molecule has 1 heterocycles. The lowest BCUT2D eigenvalue weighted by Crippen LogP contribution is -2.08. The lowest BCUT2D eigenvalue weighted by molar-refractivity contribution is 0.868. The Morgan fingerprint density at radius 2 is 1.68 bits per heavy atom. The zero-order valence-electron chi connectivity index (χ0n) is 14.7. The van der Waals surface area contributed by atoms with E-state index in [4.69, 9.17) is 0 Å². The highest BCUT2D eigenvalue weighted by atomic mass is 15.1. The lowest BCUT2D eigenvalue weighted by atomic mass is 10.0. The van der Waals surface area contributed by atoms with Crippen molar-refractivity contribution < 1.29 is 0 Å². The van der Waals surface area contributed by atoms with Crippen LogP contribution < -0.4 is 10.6 Å². The van der Waals surface area contributed by atoms with Gasteiger partial charge in [-0.2, -0.15) is 4.98 Å². The number of para-hydroxylation sites is 1. The van der Waals surface area contributed by atoms with E-state index in [9.17, 15) is 0 Å². The van der Waals surface area contributed by atoms with Crippen LogP contribution >= 0.6 is 0 Å². The maximum atomic E-state index is 4.57. The molecular weight excluding hydrogens is 308 g/mol. The molecule has 0 aliphatic heterocycles. The predicted molar refractivity (Wildman–Crippen MR) is 104 cm³/mol. The fraction of sp³-hybridized carbons (Fsp3) is 0.238. The molecule has 3 rings (SSSR count). The van der Waals surface area contributed by atoms with E-state index in [1.165, 1.54) is 11.1 Å². The Kier molecular flexibility index (Phi) is 5.62. The van der Waals surface area contributed by atoms with E-state index in [0.717, 1.165) is 24.5 Å². The van der Waals surface area contributed by atoms with E-state index >= 15 is 0 Å². The highest BCUT2D eigenvalue weighted by Gasteiger charge is 2.07. The molecule has 2 N–H and O–H groups in total. The number of nitrogens with one attached hydrogen (secondary N) is 2. The summed E-state index contributed by atoms with van der Waals surface area (Å²) in [7, 11) is 0. The Morgan fingerprint density at radius 3 is 2.48 bits per heavy atom. The number of hydrogen-bond donors (Lipinski definition) is 2. The van der Waals surface area contributed by atoms with Crippen LogP contribution in [0, 0.1) is 0 Å². The molecule has 0 unspecified atom stereocenters. The molecule has 0 amide bonds. The highest BCUT2D eigenvalue weighted by Crippen LogP contribution is 2.25. The molecule has 4 nitrogen and oxygen atoms in total. The van der Waals surface area contributed by atoms with E-state index in [-0.39, 0.29) is 0 Å². The molecule has 0 saturated carbocycles. The minimum absolute atomic E-state index is 0.441. The van der Waals surface area contributed by atoms with Gasteiger partial charge >= 0.3 is 0 Å². The molecule has 0 atom stereocenters. The van der Waals surface area contributed by atoms with Gasteiger partial charge in [-0.1, -0.05) is 62.4 Å². The van der Waals surface area contributed by atoms with Crippen LogP contribution in [0.15, 0.2) is 66.9 Å². The number of rotatable bonds is 7. The molecule has 0 saturated heterocycles. The molecule has 0 fully saturated rings. The summed E-state index contributed by atoms with van der Waals surface area (Å²) in [5.41, 5.74) is 3.63. The molecule has 128 valence electrons. The van der Waals surface area contributed by atoms with Gasteiger partial charge in [0, 0.05) is 18.4 Å². The summed E-state index contributed by atoms with van der Waals surface area (Å²) in [6.45, 7) is 5.20. The van der Waals surface area contributed by atoms with Gasteiger partial charge in [-0.3, -0.25) is 0 Å². The maximum absolute atomic E-state index is 4.57. The Balaban J connectivity index is 1.64. The number of aromatic nitrogens is 2. The molecule has 0 bridgehead atoms. The number of anilines is 3. The normalized spacial score (nSPS) is 10.7. The molecular formula is C21H24N4. The summed E-state index contributed by atoms with van der Waals surface area (Å²) >= 11 is 0. The van der Waals surface area contributed by atoms with Crippen molar-refractivity contribution >= 4 is 17.5 Å². The monoisotopic (exact) mass is 332 g/mol. The van der Waals surface area contributed by atoms with Crippen molar-refractivity contribution in [3.8, 4) is 0 Å². The Morgan fingerprint density at radius 1 is 0.920 bits per heavy atom. The van der Waals surface area contributed by atoms with Gasteiger partial charge in [0.1, 0.15) is 5.82 Å². The van der Waals surface area contributed by atoms with Crippen molar-refractivity contribution in [1.82, 2.24) is 9.97 Å². The quantitative estimate of drug-likeness (QED) is 0.639. The Bertz CT molecular complexity index is 800. The molecule has 0 spiro atoms. The summed E-state index contributed by atoms with van der Waals surface area (Å²) in [4.78, 5) is 8.91. The van der Waals surface area contributed by atoms with Crippen molar-refractivity contribution in [3.63, 3.8) is 0 Å². The van der Waals surface area contributed by atoms with Gasteiger partial charge < -0.3 is 10.6 Å². The highest BCUT2D eigenvalue weighted by molar-refractivity contribution is 5.60. The number of benzene rings is 2. The molecule has 0 aliphatic carbocycles. The van der Waals surface area contributed by atoms with Crippen LogP contribution in [0.2, 0.25) is 0 Å². The molecule has 0 aliphatic rings. The number of nitrogens with zero attached hydrogens (tertiary/aromatic N) is 2. The zero-order chi connectivity index (χ0) is 17.5. The minimum Gasteiger partial charge on any atom is -0.370 e. The second-order valence-electron chi connectivity index (χ2n) is 6.29. The third kappa shape index (κ3) is 4.80. The van der Waals surface area contributed by atoms with Crippen molar-refractivity contribution in [3.05, 3.63) is 78.0 Å². The third-order valence-electron chi connectivity index (χ3n) is 4.05. The van der Waals surface area contributed by atoms with Crippen LogP contribution in [0.4, 0.5) is 17.5 Å². The van der Waals surface area contributed by atoms with E-state index in [0.29, 0.717) is 11.9 Å². The summed E-state index contributed by atoms with van der Waals surface area (Å²) in [6, 6.07) is 20.6. The van der Waals surface area contributed by atoms with Crippen molar-refractivity contribution in [1.29, 1.82) is 0 Å². The molecule has 0 radical (unpaired) electrons. The van der Waals surface area contributed by atoms with Gasteiger partial charge in [-0.25, -0.2) is 4.98 Å². The second kappa shape index (κ2) is 8.29. The Hall–Kier alpha value is -2.88. The fourth-order valence-electron chi connectivity index (χ4n) is 2.73. The molecule has 4 heteroatoms. The van der Waals surface area contributed by atoms with Crippen LogP contribution in [0.5, 0.6) is 0 Å². The van der Waals surface area contributed by atoms with E-state index in [1.807, 2.05) is 18.2 Å². The van der Waals surface area contributed by atoms with Gasteiger partial charge in [0.25, 0.3) is 0 Å². The maximum Gasteiger partial charge on any atom is 0.229 e. The van der Waals surface area contributed by atoms with Crippen molar-refractivity contribution in [2.24, 2.45) is 0 Å². The van der Waals surface area contributed by atoms with Crippen LogP contribution in [-0.2, 0) is 6.42 Å². The average molecular weight is 332 g/mol. The van der Waals surface area contributed by atoms with Crippen LogP contribution in [0.1, 0.15) is 30.9 Å². The zero-order valence-corrected chi connectivity index (χ0v) is 14.7. The molecule has 25 heavy (non-hydrogen) atoms. The molecule has 3 aromatic rings. The SMILES string of the molecule is CC(C)c1ccccc1Nc1nccc(NCCc2ccccc2)n1. The largest absolute Gasteiger partial charge is 0.370 e. The van der Waals surface area contributed by atoms with Crippen LogP contribution in [-0.4, -0.2) is 16.5 Å². The molecule has 1 aromatic heterocycles. The first kappa shape index (κ1) is 17.0. The summed E-state index contributed by atoms with van der Waals surface area (Å²) in [5.74, 6) is 1.88. The van der Waals surface area contributed by atoms with Crippen molar-refractivity contribution in [2.75, 3.05) is 17.2 Å². The Labute approximate surface area is 149 Å². The first-order valence-corrected chi connectivity index (χ1v) is 8.69. The average Bonchev–Trinajstić information content (AvgIpc) is 2.63. The predicted octanol–water partition coefficient (Wildman–Crippen LogP) is 5.00. The van der Waals surface area contributed by atoms with E-state index in [1.54, 1.807) is 6.20 Å². The van der Waals surface area contributed by atoms with Crippen molar-refractivity contribution in [2.45, 2.75) is 26.2 Å². The van der Waals surface area contributed by atoms with E-state index in [2.05, 4.69) is 76.9 Å². The summed E-state index contributed by atoms with van der Waals surface area (Å²) < 4.78 is 0. The second-order valence-corrected chi connectivity index (χ2v) is 6.29. The number of hydrogen-bond acceptors (Lipinski definition) is 4. The lowest BCUT2D eigenvalue weighted by Gasteiger charge is -2.14. The van der Waals surface area contributed by atoms with Gasteiger partial charge in [0.05, 0.1) is 0 Å². The van der Waals surface area contributed by atoms with Crippen LogP contribution in [0.3, 0.4) is 0 Å².